The highest BCUT2D eigenvalue weighted by atomic mass is 19.4. The molecule has 0 saturated carbocycles. The lowest BCUT2D eigenvalue weighted by molar-refractivity contribution is -0.137. The zero-order chi connectivity index (χ0) is 18.8. The molecule has 2 N–H and O–H groups in total. The standard InChI is InChI=1S/C16H21F3N6/c1-10(13-21-14(20)23-15(22-13)24(2)3)25(4)9-11-5-7-12(8-6-11)16(17,18)19/h5-8,10H,9H2,1-4H3,(H2,20,21,22,23)/t10-/m1/s1. The second-order valence-corrected chi connectivity index (χ2v) is 6.03. The second-order valence-electron chi connectivity index (χ2n) is 6.03. The van der Waals surface area contributed by atoms with Crippen molar-refractivity contribution < 1.29 is 13.2 Å². The van der Waals surface area contributed by atoms with Crippen molar-refractivity contribution in [2.45, 2.75) is 25.7 Å². The molecule has 1 heterocycles. The molecule has 1 atom stereocenters. The third-order valence-corrected chi connectivity index (χ3v) is 3.81. The third kappa shape index (κ3) is 4.79. The number of aromatic nitrogens is 3. The van der Waals surface area contributed by atoms with Crippen LogP contribution < -0.4 is 10.6 Å². The van der Waals surface area contributed by atoms with Gasteiger partial charge in [0.2, 0.25) is 11.9 Å². The summed E-state index contributed by atoms with van der Waals surface area (Å²) in [7, 11) is 5.45. The number of alkyl halides is 3. The molecule has 0 radical (unpaired) electrons. The van der Waals surface area contributed by atoms with Crippen molar-refractivity contribution in [3.8, 4) is 0 Å². The summed E-state index contributed by atoms with van der Waals surface area (Å²) in [6, 6.07) is 4.92. The molecule has 6 nitrogen and oxygen atoms in total. The first-order valence-corrected chi connectivity index (χ1v) is 7.63. The van der Waals surface area contributed by atoms with E-state index < -0.39 is 11.7 Å². The van der Waals surface area contributed by atoms with E-state index in [0.29, 0.717) is 18.3 Å². The van der Waals surface area contributed by atoms with E-state index in [0.717, 1.165) is 17.7 Å². The molecule has 0 fully saturated rings. The van der Waals surface area contributed by atoms with Gasteiger partial charge in [0, 0.05) is 20.6 Å². The van der Waals surface area contributed by atoms with Gasteiger partial charge in [-0.1, -0.05) is 12.1 Å². The van der Waals surface area contributed by atoms with Crippen molar-refractivity contribution in [1.29, 1.82) is 0 Å². The van der Waals surface area contributed by atoms with E-state index in [1.807, 2.05) is 18.9 Å². The fraction of sp³-hybridized carbons (Fsp3) is 0.438. The minimum absolute atomic E-state index is 0.128. The van der Waals surface area contributed by atoms with Gasteiger partial charge in [-0.2, -0.15) is 28.1 Å². The zero-order valence-corrected chi connectivity index (χ0v) is 14.5. The molecular weight excluding hydrogens is 333 g/mol. The van der Waals surface area contributed by atoms with Gasteiger partial charge >= 0.3 is 6.18 Å². The van der Waals surface area contributed by atoms with Gasteiger partial charge in [0.25, 0.3) is 0 Å². The molecule has 0 aliphatic rings. The Morgan fingerprint density at radius 2 is 1.64 bits per heavy atom. The van der Waals surface area contributed by atoms with E-state index in [2.05, 4.69) is 15.0 Å². The summed E-state index contributed by atoms with van der Waals surface area (Å²) < 4.78 is 37.9. The Bertz CT molecular complexity index is 715. The summed E-state index contributed by atoms with van der Waals surface area (Å²) in [6.45, 7) is 2.35. The summed E-state index contributed by atoms with van der Waals surface area (Å²) in [5.41, 5.74) is 5.83. The Kier molecular flexibility index (Phi) is 5.46. The van der Waals surface area contributed by atoms with Gasteiger partial charge in [-0.25, -0.2) is 0 Å². The van der Waals surface area contributed by atoms with Gasteiger partial charge in [0.15, 0.2) is 5.82 Å². The van der Waals surface area contributed by atoms with Gasteiger partial charge in [0.1, 0.15) is 0 Å². The van der Waals surface area contributed by atoms with E-state index in [-0.39, 0.29) is 12.0 Å². The largest absolute Gasteiger partial charge is 0.416 e. The fourth-order valence-electron chi connectivity index (χ4n) is 2.21. The van der Waals surface area contributed by atoms with Crippen molar-refractivity contribution in [3.63, 3.8) is 0 Å². The van der Waals surface area contributed by atoms with Gasteiger partial charge in [-0.15, -0.1) is 0 Å². The normalized spacial score (nSPS) is 13.1. The number of rotatable bonds is 5. The molecule has 1 aromatic carbocycles. The van der Waals surface area contributed by atoms with Crippen molar-refractivity contribution in [1.82, 2.24) is 19.9 Å². The van der Waals surface area contributed by atoms with E-state index in [4.69, 9.17) is 5.73 Å². The monoisotopic (exact) mass is 354 g/mol. The van der Waals surface area contributed by atoms with Crippen LogP contribution in [0.3, 0.4) is 0 Å². The van der Waals surface area contributed by atoms with Crippen molar-refractivity contribution in [2.24, 2.45) is 0 Å². The van der Waals surface area contributed by atoms with Crippen LogP contribution in [0.25, 0.3) is 0 Å². The number of benzene rings is 1. The lowest BCUT2D eigenvalue weighted by Crippen LogP contribution is -2.25. The molecule has 0 spiro atoms. The van der Waals surface area contributed by atoms with E-state index in [1.54, 1.807) is 19.0 Å². The molecule has 2 aromatic rings. The lowest BCUT2D eigenvalue weighted by Gasteiger charge is -2.24. The number of nitrogens with two attached hydrogens (primary N) is 1. The van der Waals surface area contributed by atoms with Crippen LogP contribution in [0.5, 0.6) is 0 Å². The molecule has 25 heavy (non-hydrogen) atoms. The predicted octanol–water partition coefficient (Wildman–Crippen LogP) is 2.73. The van der Waals surface area contributed by atoms with Crippen LogP contribution in [0.15, 0.2) is 24.3 Å². The van der Waals surface area contributed by atoms with Crippen LogP contribution in [0.2, 0.25) is 0 Å². The zero-order valence-electron chi connectivity index (χ0n) is 14.5. The second kappa shape index (κ2) is 7.22. The summed E-state index contributed by atoms with van der Waals surface area (Å²) in [6.07, 6.45) is -4.33. The quantitative estimate of drug-likeness (QED) is 0.890. The Labute approximate surface area is 144 Å². The fourth-order valence-corrected chi connectivity index (χ4v) is 2.21. The molecular formula is C16H21F3N6. The number of nitrogen functional groups attached to an aromatic ring is 1. The molecule has 0 amide bonds. The number of hydrogen-bond donors (Lipinski definition) is 1. The number of nitrogens with zero attached hydrogens (tertiary/aromatic N) is 5. The Hall–Kier alpha value is -2.42. The molecule has 0 aliphatic carbocycles. The summed E-state index contributed by atoms with van der Waals surface area (Å²) >= 11 is 0. The van der Waals surface area contributed by atoms with Gasteiger partial charge in [-0.3, -0.25) is 4.90 Å². The molecule has 1 aromatic heterocycles. The van der Waals surface area contributed by atoms with Crippen molar-refractivity contribution in [2.75, 3.05) is 31.8 Å². The van der Waals surface area contributed by atoms with E-state index in [1.165, 1.54) is 12.1 Å². The van der Waals surface area contributed by atoms with E-state index in [9.17, 15) is 13.2 Å². The number of anilines is 2. The molecule has 136 valence electrons. The maximum atomic E-state index is 12.6. The molecule has 0 aliphatic heterocycles. The molecule has 0 bridgehead atoms. The summed E-state index contributed by atoms with van der Waals surface area (Å²) in [5.74, 6) is 1.09. The molecule has 9 heteroatoms. The minimum atomic E-state index is -4.33. The van der Waals surface area contributed by atoms with Crippen LogP contribution in [0, 0.1) is 0 Å². The van der Waals surface area contributed by atoms with Crippen molar-refractivity contribution >= 4 is 11.9 Å². The first-order valence-electron chi connectivity index (χ1n) is 7.63. The number of halogens is 3. The summed E-state index contributed by atoms with van der Waals surface area (Å²) in [5, 5.41) is 0. The van der Waals surface area contributed by atoms with Crippen LogP contribution in [0.1, 0.15) is 29.9 Å². The summed E-state index contributed by atoms with van der Waals surface area (Å²) in [4.78, 5) is 16.2. The SMILES string of the molecule is C[C@H](c1nc(N)nc(N(C)C)n1)N(C)Cc1ccc(C(F)(F)F)cc1. The van der Waals surface area contributed by atoms with Crippen LogP contribution in [-0.2, 0) is 12.7 Å². The average Bonchev–Trinajstić information content (AvgIpc) is 2.53. The molecule has 0 unspecified atom stereocenters. The van der Waals surface area contributed by atoms with Gasteiger partial charge < -0.3 is 10.6 Å². The van der Waals surface area contributed by atoms with Crippen LogP contribution in [0.4, 0.5) is 25.1 Å². The first kappa shape index (κ1) is 18.9. The first-order chi connectivity index (χ1) is 11.6. The van der Waals surface area contributed by atoms with Crippen LogP contribution >= 0.6 is 0 Å². The lowest BCUT2D eigenvalue weighted by atomic mass is 10.1. The smallest absolute Gasteiger partial charge is 0.368 e. The van der Waals surface area contributed by atoms with Gasteiger partial charge in [0.05, 0.1) is 11.6 Å². The maximum Gasteiger partial charge on any atom is 0.416 e. The highest BCUT2D eigenvalue weighted by Gasteiger charge is 2.30. The Morgan fingerprint density at radius 3 is 2.16 bits per heavy atom. The Morgan fingerprint density at radius 1 is 1.04 bits per heavy atom. The molecule has 2 rings (SSSR count). The highest BCUT2D eigenvalue weighted by molar-refractivity contribution is 5.33. The Balaban J connectivity index is 2.14. The topological polar surface area (TPSA) is 71.2 Å². The third-order valence-electron chi connectivity index (χ3n) is 3.81. The van der Waals surface area contributed by atoms with Crippen LogP contribution in [-0.4, -0.2) is 41.0 Å². The minimum Gasteiger partial charge on any atom is -0.368 e. The highest BCUT2D eigenvalue weighted by Crippen LogP contribution is 2.29. The van der Waals surface area contributed by atoms with E-state index >= 15 is 0 Å². The molecule has 0 saturated heterocycles. The van der Waals surface area contributed by atoms with Crippen molar-refractivity contribution in [3.05, 3.63) is 41.2 Å². The average molecular weight is 354 g/mol. The van der Waals surface area contributed by atoms with Gasteiger partial charge in [-0.05, 0) is 31.7 Å². The maximum absolute atomic E-state index is 12.6. The number of hydrogen-bond acceptors (Lipinski definition) is 6. The predicted molar refractivity (Wildman–Crippen MR) is 89.9 cm³/mol.